The Morgan fingerprint density at radius 1 is 0.716 bits per heavy atom. The second kappa shape index (κ2) is 27.9. The fourth-order valence-corrected chi connectivity index (χ4v) is 12.6. The van der Waals surface area contributed by atoms with Crippen LogP contribution in [-0.4, -0.2) is 136 Å². The Morgan fingerprint density at radius 3 is 1.75 bits per heavy atom. The zero-order chi connectivity index (χ0) is 57.8. The molecule has 3 aromatic heterocycles. The Hall–Kier alpha value is -6.67. The fraction of sp³-hybridized carbons (Fsp3) is 0.458. The minimum absolute atomic E-state index is 0.0235. The number of aromatic amines is 2. The third kappa shape index (κ3) is 13.8. The number of nitrogens with zero attached hydrogens (tertiary/aromatic N) is 6. The van der Waals surface area contributed by atoms with Crippen LogP contribution < -0.4 is 32.0 Å². The summed E-state index contributed by atoms with van der Waals surface area (Å²) in [5, 5.41) is 11.0. The van der Waals surface area contributed by atoms with E-state index in [0.717, 1.165) is 22.3 Å². The molecule has 2 saturated heterocycles. The average molecular weight is 1130 g/mol. The van der Waals surface area contributed by atoms with Gasteiger partial charge in [-0.15, -0.1) is 0 Å². The van der Waals surface area contributed by atoms with Crippen LogP contribution >= 0.6 is 8.53 Å². The van der Waals surface area contributed by atoms with Gasteiger partial charge in [0.2, 0.25) is 0 Å². The lowest BCUT2D eigenvalue weighted by Crippen LogP contribution is -2.44. The molecule has 2 aliphatic heterocycles. The SMILES string of the molecule is COc1ccc(C(OC[C@H]2O[C@@H](n3ccc(=O)[nH]c3=O)[C@H](OC)[C@@H]2CCN(CCc2ccncc2)C[C@@H]2O[C@@H](n3ccc(=O)[nH]c3=O)[C@H](OC)[C@@H]2C(C#N)COP(O)N(C(C)C)C(C)C)(c2ccccc2)c2ccc(OC)cc2)cc1. The molecule has 432 valence electrons. The number of nitriles is 1. The molecule has 8 rings (SSSR count). The van der Waals surface area contributed by atoms with E-state index in [1.54, 1.807) is 33.7 Å². The molecule has 10 atom stereocenters. The van der Waals surface area contributed by atoms with Gasteiger partial charge < -0.3 is 47.5 Å². The third-order valence-corrected chi connectivity index (χ3v) is 17.0. The second-order valence-corrected chi connectivity index (χ2v) is 21.9. The maximum atomic E-state index is 13.7. The van der Waals surface area contributed by atoms with Crippen molar-refractivity contribution in [2.45, 2.75) is 95.1 Å². The number of pyridine rings is 1. The van der Waals surface area contributed by atoms with Crippen molar-refractivity contribution in [1.82, 2.24) is 33.7 Å². The van der Waals surface area contributed by atoms with Gasteiger partial charge in [-0.1, -0.05) is 54.6 Å². The Kier molecular flexibility index (Phi) is 20.8. The Morgan fingerprint density at radius 2 is 1.25 bits per heavy atom. The maximum absolute atomic E-state index is 13.7. The topological polar surface area (TPSA) is 247 Å². The number of hydrogen-bond acceptors (Lipinski definition) is 17. The molecule has 2 fully saturated rings. The van der Waals surface area contributed by atoms with Gasteiger partial charge >= 0.3 is 11.4 Å². The van der Waals surface area contributed by atoms with E-state index in [0.29, 0.717) is 37.4 Å². The molecule has 0 amide bonds. The first-order valence-electron chi connectivity index (χ1n) is 27.0. The molecule has 3 N–H and O–H groups in total. The number of H-pyrrole nitrogens is 2. The maximum Gasteiger partial charge on any atom is 0.330 e. The molecule has 2 aliphatic rings. The highest BCUT2D eigenvalue weighted by Crippen LogP contribution is 2.47. The summed E-state index contributed by atoms with van der Waals surface area (Å²) in [6.07, 6.45) is 1.92. The summed E-state index contributed by atoms with van der Waals surface area (Å²) in [6.45, 7) is 8.70. The highest BCUT2D eigenvalue weighted by Gasteiger charge is 2.52. The molecule has 81 heavy (non-hydrogen) atoms. The number of ether oxygens (including phenoxy) is 7. The molecule has 0 saturated carbocycles. The van der Waals surface area contributed by atoms with Crippen LogP contribution in [0.15, 0.2) is 147 Å². The van der Waals surface area contributed by atoms with Crippen LogP contribution in [0.5, 0.6) is 11.5 Å². The summed E-state index contributed by atoms with van der Waals surface area (Å²) in [6, 6.07) is 33.9. The van der Waals surface area contributed by atoms with Crippen LogP contribution in [0.3, 0.4) is 0 Å². The van der Waals surface area contributed by atoms with Crippen LogP contribution in [0.25, 0.3) is 0 Å². The van der Waals surface area contributed by atoms with E-state index in [2.05, 4.69) is 25.9 Å². The first kappa shape index (κ1) is 60.4. The van der Waals surface area contributed by atoms with Gasteiger partial charge in [-0.05, 0) is 106 Å². The summed E-state index contributed by atoms with van der Waals surface area (Å²) in [4.78, 5) is 74.5. The van der Waals surface area contributed by atoms with Crippen molar-refractivity contribution in [3.63, 3.8) is 0 Å². The van der Waals surface area contributed by atoms with E-state index in [9.17, 15) is 29.3 Å². The minimum Gasteiger partial charge on any atom is -0.497 e. The van der Waals surface area contributed by atoms with Gasteiger partial charge in [-0.2, -0.15) is 5.26 Å². The van der Waals surface area contributed by atoms with E-state index in [4.69, 9.17) is 37.7 Å². The average Bonchev–Trinajstić information content (AvgIpc) is 4.07. The third-order valence-electron chi connectivity index (χ3n) is 15.3. The lowest BCUT2D eigenvalue weighted by atomic mass is 9.79. The molecule has 22 heteroatoms. The quantitative estimate of drug-likeness (QED) is 0.0396. The molecular weight excluding hydrogens is 1060 g/mol. The van der Waals surface area contributed by atoms with Crippen molar-refractivity contribution in [3.8, 4) is 17.6 Å². The summed E-state index contributed by atoms with van der Waals surface area (Å²) in [5.41, 5.74) is -0.361. The first-order valence-corrected chi connectivity index (χ1v) is 28.2. The lowest BCUT2D eigenvalue weighted by Gasteiger charge is -2.37. The predicted octanol–water partition coefficient (Wildman–Crippen LogP) is 5.99. The monoisotopic (exact) mass is 1130 g/mol. The van der Waals surface area contributed by atoms with Gasteiger partial charge in [0.1, 0.15) is 29.3 Å². The molecule has 5 heterocycles. The van der Waals surface area contributed by atoms with E-state index >= 15 is 0 Å². The van der Waals surface area contributed by atoms with E-state index in [1.807, 2.05) is 123 Å². The smallest absolute Gasteiger partial charge is 0.330 e. The molecular formula is C59H73N8O13P. The minimum atomic E-state index is -2.11. The molecule has 21 nitrogen and oxygen atoms in total. The summed E-state index contributed by atoms with van der Waals surface area (Å²) in [7, 11) is 4.14. The van der Waals surface area contributed by atoms with Crippen LogP contribution in [0.1, 0.15) is 68.8 Å². The van der Waals surface area contributed by atoms with Gasteiger partial charge in [-0.25, -0.2) is 14.3 Å². The van der Waals surface area contributed by atoms with Gasteiger partial charge in [-0.3, -0.25) is 33.7 Å². The molecule has 6 aromatic rings. The molecule has 0 radical (unpaired) electrons. The number of methoxy groups -OCH3 is 4. The number of nitrogens with one attached hydrogen (secondary N) is 2. The molecule has 3 aromatic carbocycles. The Bertz CT molecular complexity index is 3170. The van der Waals surface area contributed by atoms with Gasteiger partial charge in [0, 0.05) is 88.1 Å². The zero-order valence-electron chi connectivity index (χ0n) is 46.9. The standard InChI is InChI=1S/C59H73N8O13P/c1-38(2)67(39(3)4)81(72)78-36-41(34-60)52-48(79-56(54(52)76-8)66-33-27-51(69)63-58(66)71)35-64(30-24-40-22-28-61-29-23-40)31-25-47-49(80-55(53(47)75-7)65-32-26-50(68)62-57(65)70)37-77-59(42-12-10-9-11-13-42,43-14-18-45(73-5)19-15-43)44-16-20-46(74-6)21-17-44/h9-23,26-29,32-33,38-39,41,47-49,52-56,72H,24-25,30-31,35-37H2,1-8H3,(H,62,68,70)(H,63,69,71)/t41?,47-,48+,49-,52-,53-,54-,55-,56-,81?/m1/s1. The summed E-state index contributed by atoms with van der Waals surface area (Å²) in [5.74, 6) is -0.809. The van der Waals surface area contributed by atoms with Crippen molar-refractivity contribution in [2.75, 3.05) is 61.3 Å². The summed E-state index contributed by atoms with van der Waals surface area (Å²) >= 11 is 0. The molecule has 0 aliphatic carbocycles. The zero-order valence-corrected chi connectivity index (χ0v) is 47.8. The lowest BCUT2D eigenvalue weighted by molar-refractivity contribution is -0.0932. The van der Waals surface area contributed by atoms with Gasteiger partial charge in [0.25, 0.3) is 19.6 Å². The van der Waals surface area contributed by atoms with E-state index < -0.39 is 91.3 Å². The van der Waals surface area contributed by atoms with E-state index in [1.165, 1.54) is 40.8 Å². The highest BCUT2D eigenvalue weighted by molar-refractivity contribution is 7.43. The number of hydrogen-bond donors (Lipinski definition) is 3. The van der Waals surface area contributed by atoms with Crippen molar-refractivity contribution >= 4 is 8.53 Å². The van der Waals surface area contributed by atoms with Crippen molar-refractivity contribution < 1.29 is 42.6 Å². The van der Waals surface area contributed by atoms with Crippen molar-refractivity contribution in [1.29, 1.82) is 5.26 Å². The molecule has 2 unspecified atom stereocenters. The Balaban J connectivity index is 1.18. The van der Waals surface area contributed by atoms with Crippen LogP contribution in [0.4, 0.5) is 0 Å². The van der Waals surface area contributed by atoms with Crippen LogP contribution in [-0.2, 0) is 40.2 Å². The molecule has 0 spiro atoms. The number of benzene rings is 3. The second-order valence-electron chi connectivity index (χ2n) is 20.7. The van der Waals surface area contributed by atoms with Crippen molar-refractivity contribution in [2.24, 2.45) is 17.8 Å². The van der Waals surface area contributed by atoms with Crippen molar-refractivity contribution in [3.05, 3.63) is 192 Å². The molecule has 0 bridgehead atoms. The van der Waals surface area contributed by atoms with Gasteiger partial charge in [0.05, 0.1) is 51.6 Å². The van der Waals surface area contributed by atoms with Crippen LogP contribution in [0.2, 0.25) is 0 Å². The number of rotatable bonds is 27. The number of aromatic nitrogens is 5. The van der Waals surface area contributed by atoms with Crippen LogP contribution in [0, 0.1) is 29.1 Å². The Labute approximate surface area is 471 Å². The summed E-state index contributed by atoms with van der Waals surface area (Å²) < 4.78 is 55.6. The largest absolute Gasteiger partial charge is 0.497 e. The highest BCUT2D eigenvalue weighted by atomic mass is 31.2. The van der Waals surface area contributed by atoms with E-state index in [-0.39, 0.29) is 31.8 Å². The van der Waals surface area contributed by atoms with Gasteiger partial charge in [0.15, 0.2) is 12.5 Å². The first-order chi connectivity index (χ1) is 39.1. The fourth-order valence-electron chi connectivity index (χ4n) is 11.4. The normalized spacial score (nSPS) is 21.9. The predicted molar refractivity (Wildman–Crippen MR) is 303 cm³/mol.